The average molecular weight is 260 g/mol. The summed E-state index contributed by atoms with van der Waals surface area (Å²) in [6.45, 7) is 8.43. The third kappa shape index (κ3) is 2.69. The molecule has 1 aromatic rings. The highest BCUT2D eigenvalue weighted by molar-refractivity contribution is 5.38. The summed E-state index contributed by atoms with van der Waals surface area (Å²) in [5.74, 6) is 0. The quantitative estimate of drug-likeness (QED) is 0.807. The molecule has 0 aliphatic carbocycles. The van der Waals surface area contributed by atoms with Crippen LogP contribution < -0.4 is 0 Å². The van der Waals surface area contributed by atoms with Crippen molar-refractivity contribution in [2.45, 2.75) is 51.8 Å². The van der Waals surface area contributed by atoms with Crippen molar-refractivity contribution < 1.29 is 18.3 Å². The van der Waals surface area contributed by atoms with Gasteiger partial charge in [-0.05, 0) is 36.0 Å². The molecule has 0 radical (unpaired) electrons. The Morgan fingerprint density at radius 2 is 1.50 bits per heavy atom. The fraction of sp³-hybridized carbons (Fsp3) is 0.571. The molecule has 4 heteroatoms. The number of aliphatic hydroxyl groups is 1. The van der Waals surface area contributed by atoms with Crippen molar-refractivity contribution in [1.29, 1.82) is 0 Å². The number of hydrogen-bond acceptors (Lipinski definition) is 1. The fourth-order valence-electron chi connectivity index (χ4n) is 1.90. The molecule has 0 spiro atoms. The second kappa shape index (κ2) is 4.26. The Hall–Kier alpha value is -1.03. The van der Waals surface area contributed by atoms with Crippen LogP contribution in [0.2, 0.25) is 0 Å². The van der Waals surface area contributed by atoms with Crippen molar-refractivity contribution in [2.24, 2.45) is 0 Å². The van der Waals surface area contributed by atoms with Crippen LogP contribution in [-0.2, 0) is 11.0 Å². The van der Waals surface area contributed by atoms with Crippen molar-refractivity contribution in [3.8, 4) is 0 Å². The van der Waals surface area contributed by atoms with Gasteiger partial charge < -0.3 is 5.11 Å². The summed E-state index contributed by atoms with van der Waals surface area (Å²) in [5.41, 5.74) is -1.47. The zero-order chi connectivity index (χ0) is 14.4. The first-order chi connectivity index (χ1) is 7.87. The Bertz CT molecular complexity index is 439. The number of alkyl halides is 3. The van der Waals surface area contributed by atoms with Gasteiger partial charge in [0.15, 0.2) is 5.60 Å². The van der Waals surface area contributed by atoms with Crippen molar-refractivity contribution >= 4 is 0 Å². The zero-order valence-corrected chi connectivity index (χ0v) is 11.3. The summed E-state index contributed by atoms with van der Waals surface area (Å²) < 4.78 is 38.4. The smallest absolute Gasteiger partial charge is 0.376 e. The Morgan fingerprint density at radius 3 is 1.89 bits per heavy atom. The Morgan fingerprint density at radius 1 is 1.00 bits per heavy atom. The molecule has 0 saturated carbocycles. The second-order valence-electron chi connectivity index (χ2n) is 5.85. The lowest BCUT2D eigenvalue weighted by Crippen LogP contribution is -2.39. The average Bonchev–Trinajstić information content (AvgIpc) is 2.14. The number of benzene rings is 1. The van der Waals surface area contributed by atoms with Crippen LogP contribution >= 0.6 is 0 Å². The summed E-state index contributed by atoms with van der Waals surface area (Å²) in [6.07, 6.45) is -4.68. The normalized spacial score (nSPS) is 16.5. The molecular weight excluding hydrogens is 241 g/mol. The van der Waals surface area contributed by atoms with E-state index < -0.39 is 11.8 Å². The lowest BCUT2D eigenvalue weighted by molar-refractivity contribution is -0.258. The van der Waals surface area contributed by atoms with Crippen molar-refractivity contribution in [1.82, 2.24) is 0 Å². The minimum Gasteiger partial charge on any atom is -0.376 e. The summed E-state index contributed by atoms with van der Waals surface area (Å²) in [4.78, 5) is 0. The van der Waals surface area contributed by atoms with Crippen LogP contribution in [-0.4, -0.2) is 11.3 Å². The van der Waals surface area contributed by atoms with Crippen LogP contribution in [0.5, 0.6) is 0 Å². The standard InChI is InChI=1S/C14H19F3O/c1-9-6-7-10(8-11(9)12(2,3)4)13(5,18)14(15,16)17/h6-8,18H,1-5H3. The predicted octanol–water partition coefficient (Wildman–Crippen LogP) is 4.06. The maximum atomic E-state index is 12.8. The highest BCUT2D eigenvalue weighted by Crippen LogP contribution is 2.40. The molecule has 0 heterocycles. The fourth-order valence-corrected chi connectivity index (χ4v) is 1.90. The third-order valence-corrected chi connectivity index (χ3v) is 3.16. The van der Waals surface area contributed by atoms with E-state index in [1.807, 2.05) is 27.7 Å². The molecule has 1 N–H and O–H groups in total. The summed E-state index contributed by atoms with van der Waals surface area (Å²) in [5, 5.41) is 9.68. The number of aryl methyl sites for hydroxylation is 1. The van der Waals surface area contributed by atoms with Gasteiger partial charge in [-0.2, -0.15) is 13.2 Å². The van der Waals surface area contributed by atoms with Gasteiger partial charge in [-0.1, -0.05) is 39.0 Å². The topological polar surface area (TPSA) is 20.2 Å². The summed E-state index contributed by atoms with van der Waals surface area (Å²) in [6, 6.07) is 4.40. The molecule has 1 atom stereocenters. The third-order valence-electron chi connectivity index (χ3n) is 3.16. The van der Waals surface area contributed by atoms with E-state index in [-0.39, 0.29) is 11.0 Å². The van der Waals surface area contributed by atoms with Gasteiger partial charge in [0, 0.05) is 0 Å². The van der Waals surface area contributed by atoms with E-state index in [0.29, 0.717) is 0 Å². The molecule has 18 heavy (non-hydrogen) atoms. The molecule has 0 saturated heterocycles. The maximum absolute atomic E-state index is 12.8. The van der Waals surface area contributed by atoms with Gasteiger partial charge in [-0.15, -0.1) is 0 Å². The van der Waals surface area contributed by atoms with Gasteiger partial charge >= 0.3 is 6.18 Å². The highest BCUT2D eigenvalue weighted by Gasteiger charge is 2.51. The Kier molecular flexibility index (Phi) is 3.56. The van der Waals surface area contributed by atoms with Gasteiger partial charge in [-0.25, -0.2) is 0 Å². The van der Waals surface area contributed by atoms with Crippen LogP contribution in [0, 0.1) is 6.92 Å². The molecule has 0 aromatic heterocycles. The summed E-state index contributed by atoms with van der Waals surface area (Å²) in [7, 11) is 0. The Labute approximate surface area is 106 Å². The van der Waals surface area contributed by atoms with Crippen molar-refractivity contribution in [3.63, 3.8) is 0 Å². The lowest BCUT2D eigenvalue weighted by atomic mass is 9.81. The van der Waals surface area contributed by atoms with Crippen molar-refractivity contribution in [3.05, 3.63) is 34.9 Å². The molecule has 0 aliphatic heterocycles. The van der Waals surface area contributed by atoms with Crippen LogP contribution in [0.25, 0.3) is 0 Å². The molecule has 1 nitrogen and oxygen atoms in total. The van der Waals surface area contributed by atoms with Crippen LogP contribution in [0.1, 0.15) is 44.4 Å². The van der Waals surface area contributed by atoms with E-state index in [4.69, 9.17) is 0 Å². The van der Waals surface area contributed by atoms with Gasteiger partial charge in [0.05, 0.1) is 0 Å². The number of hydrogen-bond donors (Lipinski definition) is 1. The number of halogens is 3. The Balaban J connectivity index is 3.38. The monoisotopic (exact) mass is 260 g/mol. The maximum Gasteiger partial charge on any atom is 0.421 e. The minimum atomic E-state index is -4.68. The first-order valence-electron chi connectivity index (χ1n) is 5.78. The molecule has 0 amide bonds. The zero-order valence-electron chi connectivity index (χ0n) is 11.3. The lowest BCUT2D eigenvalue weighted by Gasteiger charge is -2.29. The van der Waals surface area contributed by atoms with Gasteiger partial charge in [0.25, 0.3) is 0 Å². The van der Waals surface area contributed by atoms with E-state index >= 15 is 0 Å². The van der Waals surface area contributed by atoms with E-state index in [1.165, 1.54) is 12.1 Å². The van der Waals surface area contributed by atoms with Crippen LogP contribution in [0.15, 0.2) is 18.2 Å². The van der Waals surface area contributed by atoms with E-state index in [0.717, 1.165) is 18.1 Å². The predicted molar refractivity (Wildman–Crippen MR) is 65.5 cm³/mol. The molecule has 1 unspecified atom stereocenters. The number of rotatable bonds is 1. The first-order valence-corrected chi connectivity index (χ1v) is 5.78. The molecule has 1 aromatic carbocycles. The van der Waals surface area contributed by atoms with E-state index in [1.54, 1.807) is 6.07 Å². The van der Waals surface area contributed by atoms with Gasteiger partial charge in [0.1, 0.15) is 0 Å². The second-order valence-corrected chi connectivity index (χ2v) is 5.85. The molecule has 102 valence electrons. The van der Waals surface area contributed by atoms with E-state index in [2.05, 4.69) is 0 Å². The van der Waals surface area contributed by atoms with E-state index in [9.17, 15) is 18.3 Å². The largest absolute Gasteiger partial charge is 0.421 e. The minimum absolute atomic E-state index is 0.120. The molecule has 0 bridgehead atoms. The van der Waals surface area contributed by atoms with Gasteiger partial charge in [0.2, 0.25) is 0 Å². The van der Waals surface area contributed by atoms with Gasteiger partial charge in [-0.3, -0.25) is 0 Å². The molecule has 0 fully saturated rings. The van der Waals surface area contributed by atoms with Crippen LogP contribution in [0.3, 0.4) is 0 Å². The van der Waals surface area contributed by atoms with Crippen molar-refractivity contribution in [2.75, 3.05) is 0 Å². The SMILES string of the molecule is Cc1ccc(C(C)(O)C(F)(F)F)cc1C(C)(C)C. The molecular formula is C14H19F3O. The highest BCUT2D eigenvalue weighted by atomic mass is 19.4. The summed E-state index contributed by atoms with van der Waals surface area (Å²) >= 11 is 0. The first kappa shape index (κ1) is 15.0. The van der Waals surface area contributed by atoms with Crippen LogP contribution in [0.4, 0.5) is 13.2 Å². The molecule has 0 aliphatic rings. The molecule has 1 rings (SSSR count).